The van der Waals surface area contributed by atoms with Gasteiger partial charge in [-0.1, -0.05) is 164 Å². The van der Waals surface area contributed by atoms with Gasteiger partial charge in [0.25, 0.3) is 0 Å². The fourth-order valence-corrected chi connectivity index (χ4v) is 11.6. The zero-order chi connectivity index (χ0) is 40.1. The minimum Gasteiger partial charge on any atom is -0.310 e. The van der Waals surface area contributed by atoms with Crippen LogP contribution in [0, 0.1) is 0 Å². The van der Waals surface area contributed by atoms with E-state index in [9.17, 15) is 0 Å². The maximum absolute atomic E-state index is 2.48. The molecule has 1 nitrogen and oxygen atoms in total. The first-order valence-corrected chi connectivity index (χ1v) is 21.9. The Labute approximate surface area is 359 Å². The number of hydrogen-bond donors (Lipinski definition) is 0. The number of thiophene rings is 1. The van der Waals surface area contributed by atoms with Crippen molar-refractivity contribution in [3.8, 4) is 44.5 Å². The standard InChI is InChI=1S/C59H37NS/c1-2-12-41-35-42(22-21-38(41)11-1)39-23-28-44(29-24-39)60(45-30-25-40(26-31-45)43-27-34-58-52(36-43)51-16-6-10-20-57(51)61-58)46-32-33-50-49-15-5-9-19-55(49)59(56(50)37-46)53-17-7-3-13-47(53)48-14-4-8-18-54(48)59/h1-37H. The molecule has 11 aromatic rings. The van der Waals surface area contributed by atoms with Crippen molar-refractivity contribution in [2.75, 3.05) is 4.90 Å². The molecule has 0 fully saturated rings. The summed E-state index contributed by atoms with van der Waals surface area (Å²) in [7, 11) is 0. The molecule has 0 N–H and O–H groups in total. The van der Waals surface area contributed by atoms with Gasteiger partial charge in [-0.3, -0.25) is 0 Å². The van der Waals surface area contributed by atoms with Crippen LogP contribution in [0.4, 0.5) is 17.1 Å². The SMILES string of the molecule is c1ccc2c(c1)-c1ccccc1C21c2ccccc2-c2ccc(N(c3ccc(-c4ccc5ccccc5c4)cc3)c3ccc(-c4ccc5sc6ccccc6c5c4)cc3)cc21. The molecule has 0 aliphatic heterocycles. The molecule has 0 radical (unpaired) electrons. The summed E-state index contributed by atoms with van der Waals surface area (Å²) in [5.74, 6) is 0. The van der Waals surface area contributed by atoms with Crippen molar-refractivity contribution in [3.05, 3.63) is 247 Å². The van der Waals surface area contributed by atoms with Crippen molar-refractivity contribution in [1.82, 2.24) is 0 Å². The van der Waals surface area contributed by atoms with E-state index in [-0.39, 0.29) is 0 Å². The third kappa shape index (κ3) is 5.07. The first-order chi connectivity index (χ1) is 30.2. The van der Waals surface area contributed by atoms with Crippen molar-refractivity contribution in [3.63, 3.8) is 0 Å². The third-order valence-corrected chi connectivity index (χ3v) is 14.4. The van der Waals surface area contributed by atoms with E-state index in [1.54, 1.807) is 0 Å². The number of fused-ring (bicyclic) bond motifs is 14. The molecule has 10 aromatic carbocycles. The lowest BCUT2D eigenvalue weighted by Gasteiger charge is -2.32. The summed E-state index contributed by atoms with van der Waals surface area (Å²) in [6.45, 7) is 0. The fourth-order valence-electron chi connectivity index (χ4n) is 10.5. The van der Waals surface area contributed by atoms with E-state index in [2.05, 4.69) is 229 Å². The van der Waals surface area contributed by atoms with Crippen molar-refractivity contribution in [2.45, 2.75) is 5.41 Å². The van der Waals surface area contributed by atoms with Gasteiger partial charge in [0.15, 0.2) is 0 Å². The molecular formula is C59H37NS. The molecule has 13 rings (SSSR count). The molecule has 0 bridgehead atoms. The Hall–Kier alpha value is -7.52. The van der Waals surface area contributed by atoms with Crippen molar-refractivity contribution in [2.24, 2.45) is 0 Å². The highest BCUT2D eigenvalue weighted by molar-refractivity contribution is 7.25. The molecule has 1 aromatic heterocycles. The predicted molar refractivity (Wildman–Crippen MR) is 259 cm³/mol. The first kappa shape index (κ1) is 34.4. The molecule has 2 aliphatic rings. The Kier molecular flexibility index (Phi) is 7.46. The van der Waals surface area contributed by atoms with Crippen LogP contribution < -0.4 is 4.90 Å². The van der Waals surface area contributed by atoms with Gasteiger partial charge in [0.2, 0.25) is 0 Å². The smallest absolute Gasteiger partial charge is 0.0726 e. The topological polar surface area (TPSA) is 3.24 Å². The number of rotatable bonds is 5. The van der Waals surface area contributed by atoms with Gasteiger partial charge in [0, 0.05) is 37.2 Å². The largest absolute Gasteiger partial charge is 0.310 e. The first-order valence-electron chi connectivity index (χ1n) is 21.1. The summed E-state index contributed by atoms with van der Waals surface area (Å²) in [6, 6.07) is 83.6. The van der Waals surface area contributed by atoms with Crippen LogP contribution in [0.2, 0.25) is 0 Å². The van der Waals surface area contributed by atoms with E-state index >= 15 is 0 Å². The lowest BCUT2D eigenvalue weighted by Crippen LogP contribution is -2.26. The van der Waals surface area contributed by atoms with E-state index in [1.165, 1.54) is 97.7 Å². The number of benzene rings is 10. The zero-order valence-corrected chi connectivity index (χ0v) is 34.0. The maximum Gasteiger partial charge on any atom is 0.0726 e. The summed E-state index contributed by atoms with van der Waals surface area (Å²) < 4.78 is 2.65. The predicted octanol–water partition coefficient (Wildman–Crippen LogP) is 16.4. The highest BCUT2D eigenvalue weighted by atomic mass is 32.1. The monoisotopic (exact) mass is 791 g/mol. The van der Waals surface area contributed by atoms with Crippen LogP contribution in [-0.2, 0) is 5.41 Å². The van der Waals surface area contributed by atoms with Gasteiger partial charge in [-0.15, -0.1) is 11.3 Å². The van der Waals surface area contributed by atoms with E-state index in [4.69, 9.17) is 0 Å². The van der Waals surface area contributed by atoms with Crippen molar-refractivity contribution >= 4 is 59.3 Å². The van der Waals surface area contributed by atoms with Crippen LogP contribution in [0.5, 0.6) is 0 Å². The van der Waals surface area contributed by atoms with E-state index in [1.807, 2.05) is 11.3 Å². The molecule has 2 heteroatoms. The van der Waals surface area contributed by atoms with Crippen LogP contribution >= 0.6 is 11.3 Å². The van der Waals surface area contributed by atoms with Crippen LogP contribution in [0.1, 0.15) is 22.3 Å². The molecule has 1 spiro atoms. The molecule has 1 heterocycles. The zero-order valence-electron chi connectivity index (χ0n) is 33.2. The number of nitrogens with zero attached hydrogens (tertiary/aromatic N) is 1. The Bertz CT molecular complexity index is 3470. The summed E-state index contributed by atoms with van der Waals surface area (Å²) in [4.78, 5) is 2.44. The van der Waals surface area contributed by atoms with E-state index in [0.29, 0.717) is 0 Å². The van der Waals surface area contributed by atoms with Crippen molar-refractivity contribution in [1.29, 1.82) is 0 Å². The molecule has 2 aliphatic carbocycles. The van der Waals surface area contributed by atoms with Crippen LogP contribution in [0.15, 0.2) is 224 Å². The molecule has 0 saturated carbocycles. The number of anilines is 3. The van der Waals surface area contributed by atoms with Crippen LogP contribution in [0.3, 0.4) is 0 Å². The van der Waals surface area contributed by atoms with Crippen LogP contribution in [-0.4, -0.2) is 0 Å². The summed E-state index contributed by atoms with van der Waals surface area (Å²) in [5, 5.41) is 5.15. The second kappa shape index (κ2) is 13.2. The van der Waals surface area contributed by atoms with Gasteiger partial charge in [0.05, 0.1) is 5.41 Å². The van der Waals surface area contributed by atoms with Gasteiger partial charge in [0.1, 0.15) is 0 Å². The fraction of sp³-hybridized carbons (Fsp3) is 0.0169. The Balaban J connectivity index is 0.978. The molecule has 0 saturated heterocycles. The average Bonchev–Trinajstić information content (AvgIpc) is 3.96. The third-order valence-electron chi connectivity index (χ3n) is 13.3. The second-order valence-corrected chi connectivity index (χ2v) is 17.5. The van der Waals surface area contributed by atoms with Crippen LogP contribution in [0.25, 0.3) is 75.5 Å². The molecular weight excluding hydrogens is 755 g/mol. The van der Waals surface area contributed by atoms with Gasteiger partial charge >= 0.3 is 0 Å². The number of hydrogen-bond acceptors (Lipinski definition) is 2. The van der Waals surface area contributed by atoms with Gasteiger partial charge in [-0.2, -0.15) is 0 Å². The Morgan fingerprint density at radius 3 is 1.43 bits per heavy atom. The van der Waals surface area contributed by atoms with Gasteiger partial charge < -0.3 is 4.90 Å². The minimum atomic E-state index is -0.422. The van der Waals surface area contributed by atoms with Gasteiger partial charge in [-0.05, 0) is 138 Å². The Morgan fingerprint density at radius 1 is 0.295 bits per heavy atom. The summed E-state index contributed by atoms with van der Waals surface area (Å²) in [6.07, 6.45) is 0. The lowest BCUT2D eigenvalue weighted by molar-refractivity contribution is 0.793. The highest BCUT2D eigenvalue weighted by Crippen LogP contribution is 2.63. The van der Waals surface area contributed by atoms with Crippen molar-refractivity contribution < 1.29 is 0 Å². The summed E-state index contributed by atoms with van der Waals surface area (Å²) >= 11 is 1.86. The van der Waals surface area contributed by atoms with E-state index < -0.39 is 5.41 Å². The molecule has 0 unspecified atom stereocenters. The minimum absolute atomic E-state index is 0.422. The highest BCUT2D eigenvalue weighted by Gasteiger charge is 2.51. The average molecular weight is 792 g/mol. The van der Waals surface area contributed by atoms with E-state index in [0.717, 1.165) is 17.1 Å². The molecule has 0 atom stereocenters. The Morgan fingerprint density at radius 2 is 0.770 bits per heavy atom. The quantitative estimate of drug-likeness (QED) is 0.168. The molecule has 61 heavy (non-hydrogen) atoms. The lowest BCUT2D eigenvalue weighted by atomic mass is 9.70. The van der Waals surface area contributed by atoms with Gasteiger partial charge in [-0.25, -0.2) is 0 Å². The normalized spacial score (nSPS) is 13.0. The molecule has 284 valence electrons. The maximum atomic E-state index is 2.48. The molecule has 0 amide bonds. The second-order valence-electron chi connectivity index (χ2n) is 16.4. The summed E-state index contributed by atoms with van der Waals surface area (Å²) in [5.41, 5.74) is 18.4.